The van der Waals surface area contributed by atoms with Gasteiger partial charge >= 0.3 is 0 Å². The van der Waals surface area contributed by atoms with Gasteiger partial charge in [-0.15, -0.1) is 0 Å². The van der Waals surface area contributed by atoms with Crippen LogP contribution in [0.15, 0.2) is 36.7 Å². The lowest BCUT2D eigenvalue weighted by molar-refractivity contribution is 0.145. The van der Waals surface area contributed by atoms with E-state index in [1.165, 1.54) is 10.9 Å². The maximum absolute atomic E-state index is 13.9. The number of nitrogens with one attached hydrogen (secondary N) is 1. The van der Waals surface area contributed by atoms with E-state index in [4.69, 9.17) is 4.74 Å². The molecule has 0 unspecified atom stereocenters. The van der Waals surface area contributed by atoms with Crippen molar-refractivity contribution in [3.8, 4) is 34.3 Å². The van der Waals surface area contributed by atoms with E-state index in [0.717, 1.165) is 0 Å². The SMILES string of the molecule is N#Cc1ncccc1-c1c(-c2c(C(F)F)nn3c2OCCC3)[nH]c2ncccc12. The number of aromatic nitrogens is 5. The molecule has 1 N–H and O–H groups in total. The number of hydrogen-bond donors (Lipinski definition) is 1. The summed E-state index contributed by atoms with van der Waals surface area (Å²) >= 11 is 0. The summed E-state index contributed by atoms with van der Waals surface area (Å²) in [4.78, 5) is 11.6. The van der Waals surface area contributed by atoms with E-state index < -0.39 is 6.43 Å². The third-order valence-electron chi connectivity index (χ3n) is 4.90. The molecule has 144 valence electrons. The molecule has 5 rings (SSSR count). The number of halogens is 2. The predicted octanol–water partition coefficient (Wildman–Crippen LogP) is 4.08. The largest absolute Gasteiger partial charge is 0.477 e. The van der Waals surface area contributed by atoms with Crippen molar-refractivity contribution in [3.05, 3.63) is 48.0 Å². The van der Waals surface area contributed by atoms with Crippen LogP contribution in [-0.4, -0.2) is 31.3 Å². The van der Waals surface area contributed by atoms with E-state index >= 15 is 0 Å². The van der Waals surface area contributed by atoms with Crippen molar-refractivity contribution < 1.29 is 13.5 Å². The van der Waals surface area contributed by atoms with Crippen LogP contribution in [0.5, 0.6) is 5.88 Å². The second-order valence-corrected chi connectivity index (χ2v) is 6.58. The quantitative estimate of drug-likeness (QED) is 0.567. The zero-order valence-electron chi connectivity index (χ0n) is 15.1. The van der Waals surface area contributed by atoms with Gasteiger partial charge in [-0.1, -0.05) is 0 Å². The molecule has 9 heteroatoms. The predicted molar refractivity (Wildman–Crippen MR) is 100 cm³/mol. The Hall–Kier alpha value is -3.80. The van der Waals surface area contributed by atoms with Crippen LogP contribution in [0.3, 0.4) is 0 Å². The number of H-pyrrole nitrogens is 1. The Morgan fingerprint density at radius 1 is 1.17 bits per heavy atom. The van der Waals surface area contributed by atoms with E-state index in [9.17, 15) is 14.0 Å². The summed E-state index contributed by atoms with van der Waals surface area (Å²) in [7, 11) is 0. The topological polar surface area (TPSA) is 92.4 Å². The van der Waals surface area contributed by atoms with Gasteiger partial charge in [0.1, 0.15) is 23.1 Å². The number of rotatable bonds is 3. The molecule has 0 saturated heterocycles. The molecule has 7 nitrogen and oxygen atoms in total. The lowest BCUT2D eigenvalue weighted by Crippen LogP contribution is -2.15. The lowest BCUT2D eigenvalue weighted by atomic mass is 9.97. The van der Waals surface area contributed by atoms with Crippen molar-refractivity contribution in [2.24, 2.45) is 0 Å². The number of aryl methyl sites for hydroxylation is 1. The van der Waals surface area contributed by atoms with Gasteiger partial charge in [0.2, 0.25) is 5.88 Å². The molecule has 1 aliphatic rings. The molecule has 0 spiro atoms. The Morgan fingerprint density at radius 2 is 2.00 bits per heavy atom. The third kappa shape index (κ3) is 2.64. The molecule has 0 aromatic carbocycles. The third-order valence-corrected chi connectivity index (χ3v) is 4.90. The van der Waals surface area contributed by atoms with Crippen LogP contribution in [0, 0.1) is 11.3 Å². The van der Waals surface area contributed by atoms with Crippen LogP contribution in [0.4, 0.5) is 8.78 Å². The smallest absolute Gasteiger partial charge is 0.282 e. The standard InChI is InChI=1S/C20H14F2N6O/c21-18(22)17-15(20-28(27-17)8-3-9-29-20)16-14(11-4-1-6-24-13(11)10-23)12-5-2-7-25-19(12)26-16/h1-2,4-7,18H,3,8-9H2,(H,25,26). The minimum absolute atomic E-state index is 0.194. The van der Waals surface area contributed by atoms with Crippen LogP contribution in [0.25, 0.3) is 33.4 Å². The van der Waals surface area contributed by atoms with Gasteiger partial charge in [-0.3, -0.25) is 0 Å². The highest BCUT2D eigenvalue weighted by molar-refractivity contribution is 6.04. The Morgan fingerprint density at radius 3 is 2.83 bits per heavy atom. The molecule has 5 heterocycles. The summed E-state index contributed by atoms with van der Waals surface area (Å²) in [6.07, 6.45) is 1.03. The number of nitrogens with zero attached hydrogens (tertiary/aromatic N) is 5. The molecule has 0 fully saturated rings. The maximum Gasteiger partial charge on any atom is 0.282 e. The second-order valence-electron chi connectivity index (χ2n) is 6.58. The molecule has 0 atom stereocenters. The summed E-state index contributed by atoms with van der Waals surface area (Å²) in [5, 5.41) is 14.3. The Labute approximate surface area is 163 Å². The van der Waals surface area contributed by atoms with Crippen LogP contribution in [0.2, 0.25) is 0 Å². The van der Waals surface area contributed by atoms with Crippen molar-refractivity contribution in [2.75, 3.05) is 6.61 Å². The van der Waals surface area contributed by atoms with Crippen LogP contribution in [-0.2, 0) is 6.54 Å². The Kier molecular flexibility index (Phi) is 3.98. The molecular formula is C20H14F2N6O. The fourth-order valence-corrected chi connectivity index (χ4v) is 3.72. The van der Waals surface area contributed by atoms with Gasteiger partial charge in [0.15, 0.2) is 0 Å². The van der Waals surface area contributed by atoms with Crippen molar-refractivity contribution >= 4 is 11.0 Å². The first-order valence-corrected chi connectivity index (χ1v) is 9.03. The highest BCUT2D eigenvalue weighted by Crippen LogP contribution is 2.46. The fourth-order valence-electron chi connectivity index (χ4n) is 3.72. The number of alkyl halides is 2. The van der Waals surface area contributed by atoms with Gasteiger partial charge in [0.05, 0.1) is 17.9 Å². The Bertz CT molecular complexity index is 1270. The van der Waals surface area contributed by atoms with Gasteiger partial charge in [-0.05, 0) is 24.3 Å². The number of nitriles is 1. The van der Waals surface area contributed by atoms with Crippen LogP contribution < -0.4 is 4.74 Å². The zero-order chi connectivity index (χ0) is 20.0. The number of fused-ring (bicyclic) bond motifs is 2. The summed E-state index contributed by atoms with van der Waals surface area (Å²) in [6, 6.07) is 9.09. The van der Waals surface area contributed by atoms with Crippen molar-refractivity contribution in [1.82, 2.24) is 24.7 Å². The van der Waals surface area contributed by atoms with Crippen LogP contribution >= 0.6 is 0 Å². The Balaban J connectivity index is 1.89. The molecule has 0 saturated carbocycles. The fraction of sp³-hybridized carbons (Fsp3) is 0.200. The molecule has 0 bridgehead atoms. The summed E-state index contributed by atoms with van der Waals surface area (Å²) in [5.74, 6) is 0.293. The molecule has 0 amide bonds. The van der Waals surface area contributed by atoms with Gasteiger partial charge in [0, 0.05) is 41.9 Å². The molecule has 0 aliphatic carbocycles. The summed E-state index contributed by atoms with van der Waals surface area (Å²) in [5.41, 5.74) is 2.03. The first-order chi connectivity index (χ1) is 14.2. The van der Waals surface area contributed by atoms with Gasteiger partial charge in [0.25, 0.3) is 6.43 Å². The summed E-state index contributed by atoms with van der Waals surface area (Å²) < 4.78 is 35.0. The van der Waals surface area contributed by atoms with Crippen molar-refractivity contribution in [2.45, 2.75) is 19.4 Å². The molecule has 0 radical (unpaired) electrons. The van der Waals surface area contributed by atoms with E-state index in [2.05, 4.69) is 26.1 Å². The molecular weight excluding hydrogens is 378 g/mol. The second kappa shape index (κ2) is 6.67. The molecule has 1 aliphatic heterocycles. The molecule has 4 aromatic rings. The lowest BCUT2D eigenvalue weighted by Gasteiger charge is -2.16. The first-order valence-electron chi connectivity index (χ1n) is 9.03. The van der Waals surface area contributed by atoms with Gasteiger partial charge in [-0.25, -0.2) is 23.4 Å². The van der Waals surface area contributed by atoms with Crippen molar-refractivity contribution in [3.63, 3.8) is 0 Å². The van der Waals surface area contributed by atoms with Crippen LogP contribution in [0.1, 0.15) is 24.2 Å². The van der Waals surface area contributed by atoms with E-state index in [1.807, 2.05) is 6.07 Å². The van der Waals surface area contributed by atoms with Gasteiger partial charge < -0.3 is 9.72 Å². The maximum atomic E-state index is 13.9. The monoisotopic (exact) mass is 392 g/mol. The molecule has 29 heavy (non-hydrogen) atoms. The normalized spacial score (nSPS) is 13.3. The number of ether oxygens (including phenoxy) is 1. The van der Waals surface area contributed by atoms with E-state index in [-0.39, 0.29) is 17.0 Å². The van der Waals surface area contributed by atoms with Gasteiger partial charge in [-0.2, -0.15) is 10.4 Å². The van der Waals surface area contributed by atoms with E-state index in [0.29, 0.717) is 53.3 Å². The minimum atomic E-state index is -2.79. The average Bonchev–Trinajstić information content (AvgIpc) is 3.32. The number of aromatic amines is 1. The summed E-state index contributed by atoms with van der Waals surface area (Å²) in [6.45, 7) is 0.921. The first kappa shape index (κ1) is 17.3. The molecule has 4 aromatic heterocycles. The number of pyridine rings is 2. The highest BCUT2D eigenvalue weighted by atomic mass is 19.3. The van der Waals surface area contributed by atoms with E-state index in [1.54, 1.807) is 24.4 Å². The zero-order valence-corrected chi connectivity index (χ0v) is 15.1. The highest BCUT2D eigenvalue weighted by Gasteiger charge is 2.32. The average molecular weight is 392 g/mol. The van der Waals surface area contributed by atoms with Crippen molar-refractivity contribution in [1.29, 1.82) is 5.26 Å². The number of hydrogen-bond acceptors (Lipinski definition) is 5. The minimum Gasteiger partial charge on any atom is -0.477 e.